The number of alkyl halides is 3. The fourth-order valence-electron chi connectivity index (χ4n) is 2.75. The molecule has 1 atom stereocenters. The van der Waals surface area contributed by atoms with E-state index >= 15 is 0 Å². The predicted molar refractivity (Wildman–Crippen MR) is 106 cm³/mol. The molecular weight excluding hydrogens is 395 g/mol. The van der Waals surface area contributed by atoms with Crippen LogP contribution in [0.5, 0.6) is 0 Å². The highest BCUT2D eigenvalue weighted by Gasteiger charge is 2.31. The molecule has 1 N–H and O–H groups in total. The van der Waals surface area contributed by atoms with Crippen LogP contribution in [0.1, 0.15) is 33.2 Å². The lowest BCUT2D eigenvalue weighted by molar-refractivity contribution is -0.137. The average molecular weight is 413 g/mol. The standard InChI is InChI=1S/C23H18F3NO3/c1-15-10-12-17(13-11-15)22(29)30-20(16-6-3-2-4-7-16)21(28)27-19-9-5-8-18(14-19)23(24,25)26/h2-14,20H,1H3,(H,27,28)/t20-/m0/s1. The van der Waals surface area contributed by atoms with Gasteiger partial charge in [0.2, 0.25) is 6.10 Å². The highest BCUT2D eigenvalue weighted by Crippen LogP contribution is 2.31. The zero-order valence-electron chi connectivity index (χ0n) is 15.9. The Balaban J connectivity index is 1.85. The molecule has 0 unspecified atom stereocenters. The molecule has 0 saturated heterocycles. The summed E-state index contributed by atoms with van der Waals surface area (Å²) in [5.41, 5.74) is 0.652. The zero-order valence-corrected chi connectivity index (χ0v) is 15.9. The smallest absolute Gasteiger partial charge is 0.416 e. The minimum absolute atomic E-state index is 0.0536. The van der Waals surface area contributed by atoms with E-state index in [2.05, 4.69) is 5.32 Å². The number of nitrogens with one attached hydrogen (secondary N) is 1. The van der Waals surface area contributed by atoms with Gasteiger partial charge in [-0.15, -0.1) is 0 Å². The zero-order chi connectivity index (χ0) is 21.7. The van der Waals surface area contributed by atoms with Crippen molar-refractivity contribution in [2.45, 2.75) is 19.2 Å². The number of carbonyl (C=O) groups is 2. The van der Waals surface area contributed by atoms with Crippen molar-refractivity contribution in [2.24, 2.45) is 0 Å². The van der Waals surface area contributed by atoms with Crippen molar-refractivity contribution in [3.8, 4) is 0 Å². The van der Waals surface area contributed by atoms with Crippen molar-refractivity contribution >= 4 is 17.6 Å². The normalized spacial score (nSPS) is 12.1. The number of anilines is 1. The second kappa shape index (κ2) is 8.82. The molecule has 0 aliphatic rings. The predicted octanol–water partition coefficient (Wildman–Crippen LogP) is 5.55. The van der Waals surface area contributed by atoms with Crippen molar-refractivity contribution in [3.63, 3.8) is 0 Å². The van der Waals surface area contributed by atoms with Crippen LogP contribution in [-0.4, -0.2) is 11.9 Å². The van der Waals surface area contributed by atoms with Crippen molar-refractivity contribution in [1.82, 2.24) is 0 Å². The van der Waals surface area contributed by atoms with E-state index in [4.69, 9.17) is 4.74 Å². The first-order chi connectivity index (χ1) is 14.2. The molecule has 0 heterocycles. The van der Waals surface area contributed by atoms with Gasteiger partial charge < -0.3 is 10.1 Å². The summed E-state index contributed by atoms with van der Waals surface area (Å²) in [5, 5.41) is 2.40. The lowest BCUT2D eigenvalue weighted by atomic mass is 10.1. The molecule has 0 aliphatic heterocycles. The number of halogens is 3. The van der Waals surface area contributed by atoms with Crippen LogP contribution in [0.4, 0.5) is 18.9 Å². The molecule has 0 bridgehead atoms. The van der Waals surface area contributed by atoms with E-state index in [0.29, 0.717) is 5.56 Å². The van der Waals surface area contributed by atoms with Crippen LogP contribution in [0.2, 0.25) is 0 Å². The molecule has 0 radical (unpaired) electrons. The summed E-state index contributed by atoms with van der Waals surface area (Å²) in [6.07, 6.45) is -5.88. The molecule has 3 aromatic rings. The van der Waals surface area contributed by atoms with Crippen molar-refractivity contribution in [3.05, 3.63) is 101 Å². The summed E-state index contributed by atoms with van der Waals surface area (Å²) in [4.78, 5) is 25.4. The molecular formula is C23H18F3NO3. The van der Waals surface area contributed by atoms with Crippen molar-refractivity contribution in [2.75, 3.05) is 5.32 Å². The average Bonchev–Trinajstić information content (AvgIpc) is 2.72. The van der Waals surface area contributed by atoms with E-state index in [1.165, 1.54) is 12.1 Å². The van der Waals surface area contributed by atoms with E-state index in [-0.39, 0.29) is 11.3 Å². The molecule has 3 rings (SSSR count). The van der Waals surface area contributed by atoms with E-state index in [1.807, 2.05) is 6.92 Å². The van der Waals surface area contributed by atoms with E-state index < -0.39 is 29.7 Å². The number of hydrogen-bond acceptors (Lipinski definition) is 3. The van der Waals surface area contributed by atoms with E-state index in [1.54, 1.807) is 54.6 Å². The summed E-state index contributed by atoms with van der Waals surface area (Å²) in [6.45, 7) is 1.87. The van der Waals surface area contributed by atoms with E-state index in [0.717, 1.165) is 17.7 Å². The van der Waals surface area contributed by atoms with Gasteiger partial charge in [0, 0.05) is 11.3 Å². The van der Waals surface area contributed by atoms with E-state index in [9.17, 15) is 22.8 Å². The monoisotopic (exact) mass is 413 g/mol. The van der Waals surface area contributed by atoms with Gasteiger partial charge in [0.05, 0.1) is 11.1 Å². The van der Waals surface area contributed by atoms with Gasteiger partial charge >= 0.3 is 12.1 Å². The summed E-state index contributed by atoms with van der Waals surface area (Å²) < 4.78 is 44.2. The number of aryl methyl sites for hydroxylation is 1. The van der Waals surface area contributed by atoms with Crippen LogP contribution >= 0.6 is 0 Å². The lowest BCUT2D eigenvalue weighted by Gasteiger charge is -2.18. The molecule has 4 nitrogen and oxygen atoms in total. The summed E-state index contributed by atoms with van der Waals surface area (Å²) in [5.74, 6) is -1.48. The molecule has 0 fully saturated rings. The third kappa shape index (κ3) is 5.26. The number of amides is 1. The summed E-state index contributed by atoms with van der Waals surface area (Å²) >= 11 is 0. The first-order valence-corrected chi connectivity index (χ1v) is 9.05. The largest absolute Gasteiger partial charge is 0.444 e. The maximum absolute atomic E-state index is 12.9. The minimum atomic E-state index is -4.54. The Bertz CT molecular complexity index is 1030. The Kier molecular flexibility index (Phi) is 6.20. The maximum Gasteiger partial charge on any atom is 0.416 e. The van der Waals surface area contributed by atoms with Gasteiger partial charge in [-0.3, -0.25) is 4.79 Å². The van der Waals surface area contributed by atoms with Crippen LogP contribution in [0, 0.1) is 6.92 Å². The fraction of sp³-hybridized carbons (Fsp3) is 0.130. The Hall–Kier alpha value is -3.61. The second-order valence-corrected chi connectivity index (χ2v) is 6.63. The van der Waals surface area contributed by atoms with Gasteiger partial charge in [-0.2, -0.15) is 13.2 Å². The second-order valence-electron chi connectivity index (χ2n) is 6.63. The van der Waals surface area contributed by atoms with Crippen molar-refractivity contribution < 1.29 is 27.5 Å². The van der Waals surface area contributed by atoms with Crippen LogP contribution in [-0.2, 0) is 15.7 Å². The Labute approximate surface area is 171 Å². The lowest BCUT2D eigenvalue weighted by Crippen LogP contribution is -2.26. The molecule has 0 spiro atoms. The third-order valence-corrected chi connectivity index (χ3v) is 4.31. The van der Waals surface area contributed by atoms with Crippen LogP contribution in [0.25, 0.3) is 0 Å². The molecule has 7 heteroatoms. The van der Waals surface area contributed by atoms with Crippen LogP contribution < -0.4 is 5.32 Å². The van der Waals surface area contributed by atoms with Crippen LogP contribution in [0.3, 0.4) is 0 Å². The molecule has 30 heavy (non-hydrogen) atoms. The van der Waals surface area contributed by atoms with Crippen molar-refractivity contribution in [1.29, 1.82) is 0 Å². The highest BCUT2D eigenvalue weighted by molar-refractivity contribution is 5.98. The molecule has 1 amide bonds. The fourth-order valence-corrected chi connectivity index (χ4v) is 2.75. The van der Waals surface area contributed by atoms with Gasteiger partial charge in [0.25, 0.3) is 5.91 Å². The van der Waals surface area contributed by atoms with Gasteiger partial charge in [-0.25, -0.2) is 4.79 Å². The number of benzene rings is 3. The first kappa shape index (κ1) is 21.1. The van der Waals surface area contributed by atoms with Gasteiger partial charge in [0.1, 0.15) is 0 Å². The van der Waals surface area contributed by atoms with Crippen LogP contribution in [0.15, 0.2) is 78.9 Å². The Morgan fingerprint density at radius 3 is 2.20 bits per heavy atom. The van der Waals surface area contributed by atoms with Gasteiger partial charge in [-0.1, -0.05) is 54.1 Å². The van der Waals surface area contributed by atoms with Gasteiger partial charge in [-0.05, 0) is 37.3 Å². The number of hydrogen-bond donors (Lipinski definition) is 1. The molecule has 154 valence electrons. The molecule has 0 saturated carbocycles. The molecule has 0 aromatic heterocycles. The third-order valence-electron chi connectivity index (χ3n) is 4.31. The highest BCUT2D eigenvalue weighted by atomic mass is 19.4. The quantitative estimate of drug-likeness (QED) is 0.558. The summed E-state index contributed by atoms with van der Waals surface area (Å²) in [6, 6.07) is 19.1. The first-order valence-electron chi connectivity index (χ1n) is 9.05. The molecule has 0 aliphatic carbocycles. The SMILES string of the molecule is Cc1ccc(C(=O)O[C@H](C(=O)Nc2cccc(C(F)(F)F)c2)c2ccccc2)cc1. The summed E-state index contributed by atoms with van der Waals surface area (Å²) in [7, 11) is 0. The number of carbonyl (C=O) groups excluding carboxylic acids is 2. The number of rotatable bonds is 5. The number of ether oxygens (including phenoxy) is 1. The Morgan fingerprint density at radius 1 is 0.900 bits per heavy atom. The molecule has 3 aromatic carbocycles. The Morgan fingerprint density at radius 2 is 1.57 bits per heavy atom. The van der Waals surface area contributed by atoms with Gasteiger partial charge in [0.15, 0.2) is 0 Å². The number of esters is 1. The maximum atomic E-state index is 12.9. The topological polar surface area (TPSA) is 55.4 Å². The minimum Gasteiger partial charge on any atom is -0.444 e.